The Balaban J connectivity index is 2.22. The molecule has 1 aliphatic rings. The molecule has 2 rings (SSSR count). The highest BCUT2D eigenvalue weighted by Crippen LogP contribution is 2.24. The topological polar surface area (TPSA) is 89.3 Å². The van der Waals surface area contributed by atoms with Gasteiger partial charge in [0.05, 0.1) is 24.0 Å². The van der Waals surface area contributed by atoms with Crippen molar-refractivity contribution >= 4 is 15.8 Å². The van der Waals surface area contributed by atoms with Crippen molar-refractivity contribution in [1.29, 1.82) is 0 Å². The van der Waals surface area contributed by atoms with Gasteiger partial charge in [-0.1, -0.05) is 0 Å². The fraction of sp³-hybridized carbons (Fsp3) is 0.556. The Morgan fingerprint density at radius 2 is 2.38 bits per heavy atom. The zero-order valence-corrected chi connectivity index (χ0v) is 9.35. The molecule has 1 saturated heterocycles. The highest BCUT2D eigenvalue weighted by Gasteiger charge is 2.30. The molecule has 2 heterocycles. The molecule has 1 N–H and O–H groups in total. The molecule has 0 spiro atoms. The molecular formula is C9H12N2O4S. The maximum atomic E-state index is 11.3. The van der Waals surface area contributed by atoms with Gasteiger partial charge in [0.2, 0.25) is 0 Å². The third-order valence-electron chi connectivity index (χ3n) is 2.64. The molecule has 0 aromatic carbocycles. The van der Waals surface area contributed by atoms with Crippen molar-refractivity contribution in [3.8, 4) is 0 Å². The van der Waals surface area contributed by atoms with E-state index >= 15 is 0 Å². The normalized spacial score (nSPS) is 23.4. The van der Waals surface area contributed by atoms with Crippen LogP contribution in [-0.2, 0) is 21.1 Å². The quantitative estimate of drug-likeness (QED) is 0.800. The molecule has 6 nitrogen and oxygen atoms in total. The third-order valence-corrected chi connectivity index (χ3v) is 4.39. The largest absolute Gasteiger partial charge is 0.481 e. The van der Waals surface area contributed by atoms with Crippen LogP contribution < -0.4 is 0 Å². The van der Waals surface area contributed by atoms with Gasteiger partial charge in [0.1, 0.15) is 0 Å². The fourth-order valence-electron chi connectivity index (χ4n) is 1.93. The summed E-state index contributed by atoms with van der Waals surface area (Å²) in [5.74, 6) is -0.728. The Bertz CT molecular complexity index is 505. The molecule has 1 atom stereocenters. The number of aromatic nitrogens is 2. The van der Waals surface area contributed by atoms with Gasteiger partial charge in [-0.2, -0.15) is 5.10 Å². The first-order valence-electron chi connectivity index (χ1n) is 4.92. The van der Waals surface area contributed by atoms with Crippen molar-refractivity contribution in [3.05, 3.63) is 18.0 Å². The average Bonchev–Trinajstić information content (AvgIpc) is 2.71. The second-order valence-corrected chi connectivity index (χ2v) is 6.12. The van der Waals surface area contributed by atoms with Gasteiger partial charge >= 0.3 is 5.97 Å². The number of carbonyl (C=O) groups is 1. The molecule has 1 unspecified atom stereocenters. The summed E-state index contributed by atoms with van der Waals surface area (Å²) in [5.41, 5.74) is 0.551. The summed E-state index contributed by atoms with van der Waals surface area (Å²) in [6.07, 6.45) is 1.89. The lowest BCUT2D eigenvalue weighted by Crippen LogP contribution is -2.16. The molecule has 1 fully saturated rings. The summed E-state index contributed by atoms with van der Waals surface area (Å²) >= 11 is 0. The maximum Gasteiger partial charge on any atom is 0.309 e. The molecule has 16 heavy (non-hydrogen) atoms. The highest BCUT2D eigenvalue weighted by atomic mass is 32.2. The van der Waals surface area contributed by atoms with E-state index in [0.29, 0.717) is 12.1 Å². The number of nitrogens with zero attached hydrogens (tertiary/aromatic N) is 2. The minimum absolute atomic E-state index is 0.0568. The second-order valence-electron chi connectivity index (χ2n) is 3.89. The Labute approximate surface area is 92.8 Å². The minimum atomic E-state index is -2.97. The Kier molecular flexibility index (Phi) is 2.71. The number of aliphatic carboxylic acids is 1. The number of hydrogen-bond donors (Lipinski definition) is 1. The molecule has 88 valence electrons. The first-order valence-corrected chi connectivity index (χ1v) is 6.75. The van der Waals surface area contributed by atoms with Crippen molar-refractivity contribution in [2.75, 3.05) is 11.5 Å². The van der Waals surface area contributed by atoms with Gasteiger partial charge in [0, 0.05) is 11.9 Å². The summed E-state index contributed by atoms with van der Waals surface area (Å²) in [4.78, 5) is 10.6. The van der Waals surface area contributed by atoms with Crippen LogP contribution in [0.2, 0.25) is 0 Å². The van der Waals surface area contributed by atoms with Gasteiger partial charge in [0.25, 0.3) is 0 Å². The van der Waals surface area contributed by atoms with E-state index in [4.69, 9.17) is 5.11 Å². The molecule has 0 saturated carbocycles. The zero-order chi connectivity index (χ0) is 11.8. The standard InChI is InChI=1S/C9H12N2O4S/c12-9(13)5-7-1-3-10-11(7)8-2-4-16(14,15)6-8/h1,3,8H,2,4-6H2,(H,12,13). The predicted molar refractivity (Wildman–Crippen MR) is 55.9 cm³/mol. The molecule has 1 aromatic heterocycles. The van der Waals surface area contributed by atoms with Crippen LogP contribution in [-0.4, -0.2) is 40.8 Å². The smallest absolute Gasteiger partial charge is 0.309 e. The molecule has 1 aliphatic heterocycles. The number of carboxylic acids is 1. The van der Waals surface area contributed by atoms with Crippen LogP contribution in [0.25, 0.3) is 0 Å². The van der Waals surface area contributed by atoms with E-state index in [-0.39, 0.29) is 24.0 Å². The minimum Gasteiger partial charge on any atom is -0.481 e. The van der Waals surface area contributed by atoms with E-state index < -0.39 is 15.8 Å². The average molecular weight is 244 g/mol. The summed E-state index contributed by atoms with van der Waals surface area (Å²) < 4.78 is 24.2. The number of rotatable bonds is 3. The van der Waals surface area contributed by atoms with Crippen molar-refractivity contribution in [3.63, 3.8) is 0 Å². The summed E-state index contributed by atoms with van der Waals surface area (Å²) in [7, 11) is -2.97. The van der Waals surface area contributed by atoms with E-state index in [1.165, 1.54) is 10.9 Å². The van der Waals surface area contributed by atoms with E-state index in [1.807, 2.05) is 0 Å². The first kappa shape index (κ1) is 11.1. The predicted octanol–water partition coefficient (Wildman–Crippen LogP) is -0.130. The lowest BCUT2D eigenvalue weighted by Gasteiger charge is -2.11. The SMILES string of the molecule is O=C(O)Cc1ccnn1C1CCS(=O)(=O)C1. The molecular weight excluding hydrogens is 232 g/mol. The van der Waals surface area contributed by atoms with Crippen LogP contribution in [0.15, 0.2) is 12.3 Å². The molecule has 0 amide bonds. The lowest BCUT2D eigenvalue weighted by molar-refractivity contribution is -0.136. The van der Waals surface area contributed by atoms with E-state index in [0.717, 1.165) is 0 Å². The number of hydrogen-bond acceptors (Lipinski definition) is 4. The van der Waals surface area contributed by atoms with Gasteiger partial charge in [-0.3, -0.25) is 9.48 Å². The van der Waals surface area contributed by atoms with Crippen molar-refractivity contribution in [1.82, 2.24) is 9.78 Å². The van der Waals surface area contributed by atoms with Gasteiger partial charge < -0.3 is 5.11 Å². The van der Waals surface area contributed by atoms with Crippen LogP contribution in [0.5, 0.6) is 0 Å². The Hall–Kier alpha value is -1.37. The molecule has 7 heteroatoms. The monoisotopic (exact) mass is 244 g/mol. The molecule has 0 aliphatic carbocycles. The second kappa shape index (κ2) is 3.89. The third kappa shape index (κ3) is 2.24. The van der Waals surface area contributed by atoms with Crippen LogP contribution in [0, 0.1) is 0 Å². The van der Waals surface area contributed by atoms with Crippen molar-refractivity contribution < 1.29 is 18.3 Å². The van der Waals surface area contributed by atoms with Gasteiger partial charge in [-0.25, -0.2) is 8.42 Å². The van der Waals surface area contributed by atoms with E-state index in [1.54, 1.807) is 6.07 Å². The van der Waals surface area contributed by atoms with E-state index in [2.05, 4.69) is 5.10 Å². The van der Waals surface area contributed by atoms with Crippen LogP contribution in [0.4, 0.5) is 0 Å². The van der Waals surface area contributed by atoms with Crippen molar-refractivity contribution in [2.24, 2.45) is 0 Å². The molecule has 0 radical (unpaired) electrons. The fourth-order valence-corrected chi connectivity index (χ4v) is 3.63. The van der Waals surface area contributed by atoms with Gasteiger partial charge in [-0.05, 0) is 12.5 Å². The molecule has 1 aromatic rings. The molecule has 0 bridgehead atoms. The van der Waals surface area contributed by atoms with Crippen LogP contribution >= 0.6 is 0 Å². The number of carboxylic acid groups (broad SMARTS) is 1. The van der Waals surface area contributed by atoms with Crippen molar-refractivity contribution in [2.45, 2.75) is 18.9 Å². The Morgan fingerprint density at radius 1 is 1.62 bits per heavy atom. The van der Waals surface area contributed by atoms with Crippen LogP contribution in [0.3, 0.4) is 0 Å². The number of sulfone groups is 1. The van der Waals surface area contributed by atoms with Gasteiger partial charge in [-0.15, -0.1) is 0 Å². The first-order chi connectivity index (χ1) is 7.48. The van der Waals surface area contributed by atoms with Crippen LogP contribution in [0.1, 0.15) is 18.2 Å². The van der Waals surface area contributed by atoms with E-state index in [9.17, 15) is 13.2 Å². The highest BCUT2D eigenvalue weighted by molar-refractivity contribution is 7.91. The van der Waals surface area contributed by atoms with Gasteiger partial charge in [0.15, 0.2) is 9.84 Å². The summed E-state index contributed by atoms with van der Waals surface area (Å²) in [6, 6.07) is 1.40. The maximum absolute atomic E-state index is 11.3. The zero-order valence-electron chi connectivity index (χ0n) is 8.54. The summed E-state index contributed by atoms with van der Waals surface area (Å²) in [6.45, 7) is 0. The summed E-state index contributed by atoms with van der Waals surface area (Å²) in [5, 5.41) is 12.7. The Morgan fingerprint density at radius 3 is 2.94 bits per heavy atom. The lowest BCUT2D eigenvalue weighted by atomic mass is 10.2.